The standard InChI is InChI=1S/C16H30O5S/c1-6-19-15(20-7-2)11-14-12-16(14,21-22(5,17)18)10-8-9-13(3)4/h9,14-15H,6-8,10-12H2,1-5H3/t14-,16-/m1/s1. The first-order chi connectivity index (χ1) is 10.2. The van der Waals surface area contributed by atoms with Crippen LogP contribution in [-0.2, 0) is 23.8 Å². The summed E-state index contributed by atoms with van der Waals surface area (Å²) in [6, 6.07) is 0. The van der Waals surface area contributed by atoms with Crippen molar-refractivity contribution in [1.29, 1.82) is 0 Å². The monoisotopic (exact) mass is 334 g/mol. The van der Waals surface area contributed by atoms with Gasteiger partial charge in [0.25, 0.3) is 10.1 Å². The molecule has 0 aromatic heterocycles. The number of hydrogen-bond acceptors (Lipinski definition) is 5. The van der Waals surface area contributed by atoms with Crippen LogP contribution in [0.4, 0.5) is 0 Å². The fraction of sp³-hybridized carbons (Fsp3) is 0.875. The number of ether oxygens (including phenoxy) is 2. The number of rotatable bonds is 11. The third-order valence-corrected chi connectivity index (χ3v) is 4.43. The van der Waals surface area contributed by atoms with Crippen molar-refractivity contribution in [3.8, 4) is 0 Å². The van der Waals surface area contributed by atoms with Crippen LogP contribution in [0.5, 0.6) is 0 Å². The first-order valence-corrected chi connectivity index (χ1v) is 9.81. The summed E-state index contributed by atoms with van der Waals surface area (Å²) in [7, 11) is -3.47. The van der Waals surface area contributed by atoms with Gasteiger partial charge in [0, 0.05) is 19.6 Å². The van der Waals surface area contributed by atoms with Crippen LogP contribution >= 0.6 is 0 Å². The lowest BCUT2D eigenvalue weighted by atomic mass is 10.1. The van der Waals surface area contributed by atoms with Crippen LogP contribution in [0.3, 0.4) is 0 Å². The van der Waals surface area contributed by atoms with Crippen molar-refractivity contribution in [3.63, 3.8) is 0 Å². The van der Waals surface area contributed by atoms with Crippen molar-refractivity contribution in [2.45, 2.75) is 65.3 Å². The van der Waals surface area contributed by atoms with Crippen LogP contribution in [0.25, 0.3) is 0 Å². The Kier molecular flexibility index (Phi) is 7.52. The average Bonchev–Trinajstić information content (AvgIpc) is 2.99. The smallest absolute Gasteiger partial charge is 0.264 e. The molecule has 5 nitrogen and oxygen atoms in total. The SMILES string of the molecule is CCOC(C[C@@H]1C[C@@]1(CCC=C(C)C)OS(C)(=O)=O)OCC. The molecule has 0 aromatic rings. The first kappa shape index (κ1) is 19.6. The van der Waals surface area contributed by atoms with Crippen molar-refractivity contribution in [1.82, 2.24) is 0 Å². The Balaban J connectivity index is 2.68. The molecule has 2 atom stereocenters. The summed E-state index contributed by atoms with van der Waals surface area (Å²) in [4.78, 5) is 0. The van der Waals surface area contributed by atoms with Gasteiger partial charge < -0.3 is 9.47 Å². The highest BCUT2D eigenvalue weighted by Gasteiger charge is 2.57. The van der Waals surface area contributed by atoms with Crippen LogP contribution < -0.4 is 0 Å². The van der Waals surface area contributed by atoms with Gasteiger partial charge >= 0.3 is 0 Å². The molecule has 22 heavy (non-hydrogen) atoms. The molecule has 0 radical (unpaired) electrons. The van der Waals surface area contributed by atoms with Crippen LogP contribution in [-0.4, -0.2) is 39.8 Å². The summed E-state index contributed by atoms with van der Waals surface area (Å²) in [5, 5.41) is 0. The molecule has 0 spiro atoms. The quantitative estimate of drug-likeness (QED) is 0.330. The van der Waals surface area contributed by atoms with Crippen molar-refractivity contribution >= 4 is 10.1 Å². The molecule has 0 N–H and O–H groups in total. The molecule has 6 heteroatoms. The molecule has 1 fully saturated rings. The van der Waals surface area contributed by atoms with Crippen molar-refractivity contribution < 1.29 is 22.1 Å². The predicted octanol–water partition coefficient (Wildman–Crippen LogP) is 3.26. The van der Waals surface area contributed by atoms with E-state index in [0.717, 1.165) is 19.1 Å². The van der Waals surface area contributed by atoms with Crippen LogP contribution in [0.1, 0.15) is 53.4 Å². The van der Waals surface area contributed by atoms with Gasteiger partial charge in [-0.05, 0) is 52.9 Å². The third kappa shape index (κ3) is 6.77. The molecule has 1 saturated carbocycles. The van der Waals surface area contributed by atoms with E-state index in [4.69, 9.17) is 13.7 Å². The van der Waals surface area contributed by atoms with Gasteiger partial charge in [-0.25, -0.2) is 0 Å². The summed E-state index contributed by atoms with van der Waals surface area (Å²) in [5.74, 6) is 0.163. The molecular formula is C16H30O5S. The molecule has 0 saturated heterocycles. The summed E-state index contributed by atoms with van der Waals surface area (Å²) in [6.45, 7) is 9.08. The van der Waals surface area contributed by atoms with Crippen LogP contribution in [0.2, 0.25) is 0 Å². The fourth-order valence-corrected chi connectivity index (χ4v) is 3.69. The Morgan fingerprint density at radius 3 is 2.32 bits per heavy atom. The zero-order valence-corrected chi connectivity index (χ0v) is 15.2. The van der Waals surface area contributed by atoms with Crippen LogP contribution in [0, 0.1) is 5.92 Å². The zero-order chi connectivity index (χ0) is 16.8. The highest BCUT2D eigenvalue weighted by Crippen LogP contribution is 2.54. The Labute approximate surface area is 135 Å². The number of allylic oxidation sites excluding steroid dienone is 2. The Morgan fingerprint density at radius 2 is 1.86 bits per heavy atom. The molecule has 0 bridgehead atoms. The van der Waals surface area contributed by atoms with Gasteiger partial charge in [-0.2, -0.15) is 8.42 Å². The molecule has 1 rings (SSSR count). The molecule has 1 aliphatic rings. The van der Waals surface area contributed by atoms with Gasteiger partial charge in [0.05, 0.1) is 11.9 Å². The molecule has 0 aliphatic heterocycles. The first-order valence-electron chi connectivity index (χ1n) is 7.99. The van der Waals surface area contributed by atoms with Gasteiger partial charge in [0.1, 0.15) is 0 Å². The number of hydrogen-bond donors (Lipinski definition) is 0. The molecule has 0 aromatic carbocycles. The summed E-state index contributed by atoms with van der Waals surface area (Å²) in [6.07, 6.45) is 5.90. The van der Waals surface area contributed by atoms with E-state index in [1.165, 1.54) is 5.57 Å². The van der Waals surface area contributed by atoms with E-state index in [1.807, 2.05) is 27.7 Å². The molecule has 0 heterocycles. The molecular weight excluding hydrogens is 304 g/mol. The summed E-state index contributed by atoms with van der Waals surface area (Å²) < 4.78 is 39.7. The highest BCUT2D eigenvalue weighted by molar-refractivity contribution is 7.86. The van der Waals surface area contributed by atoms with Gasteiger partial charge in [-0.3, -0.25) is 4.18 Å². The van der Waals surface area contributed by atoms with Gasteiger partial charge in [0.15, 0.2) is 6.29 Å². The van der Waals surface area contributed by atoms with E-state index in [1.54, 1.807) is 0 Å². The van der Waals surface area contributed by atoms with E-state index in [-0.39, 0.29) is 12.2 Å². The maximum Gasteiger partial charge on any atom is 0.264 e. The minimum atomic E-state index is -3.47. The van der Waals surface area contributed by atoms with Gasteiger partial charge in [-0.15, -0.1) is 0 Å². The van der Waals surface area contributed by atoms with E-state index >= 15 is 0 Å². The third-order valence-electron chi connectivity index (χ3n) is 3.80. The minimum absolute atomic E-state index is 0.163. The Morgan fingerprint density at radius 1 is 1.27 bits per heavy atom. The topological polar surface area (TPSA) is 61.8 Å². The lowest BCUT2D eigenvalue weighted by molar-refractivity contribution is -0.144. The lowest BCUT2D eigenvalue weighted by Gasteiger charge is -2.20. The molecule has 0 amide bonds. The van der Waals surface area contributed by atoms with Crippen LogP contribution in [0.15, 0.2) is 11.6 Å². The van der Waals surface area contributed by atoms with E-state index < -0.39 is 15.7 Å². The Bertz CT molecular complexity index is 461. The highest BCUT2D eigenvalue weighted by atomic mass is 32.2. The van der Waals surface area contributed by atoms with E-state index in [2.05, 4.69) is 6.08 Å². The second-order valence-electron chi connectivity index (χ2n) is 6.15. The normalized spacial score (nSPS) is 24.5. The summed E-state index contributed by atoms with van der Waals surface area (Å²) >= 11 is 0. The maximum atomic E-state index is 11.6. The maximum absolute atomic E-state index is 11.6. The second-order valence-corrected chi connectivity index (χ2v) is 7.72. The largest absolute Gasteiger partial charge is 0.353 e. The van der Waals surface area contributed by atoms with E-state index in [9.17, 15) is 8.42 Å². The fourth-order valence-electron chi connectivity index (χ4n) is 2.80. The Hall–Kier alpha value is -0.430. The van der Waals surface area contributed by atoms with Crippen molar-refractivity contribution in [2.75, 3.05) is 19.5 Å². The average molecular weight is 334 g/mol. The summed E-state index contributed by atoms with van der Waals surface area (Å²) in [5.41, 5.74) is 0.652. The predicted molar refractivity (Wildman–Crippen MR) is 87.1 cm³/mol. The molecule has 1 aliphatic carbocycles. The minimum Gasteiger partial charge on any atom is -0.353 e. The van der Waals surface area contributed by atoms with Gasteiger partial charge in [-0.1, -0.05) is 11.6 Å². The van der Waals surface area contributed by atoms with E-state index in [0.29, 0.717) is 26.1 Å². The molecule has 130 valence electrons. The second kappa shape index (κ2) is 8.43. The lowest BCUT2D eigenvalue weighted by Crippen LogP contribution is -2.25. The molecule has 0 unspecified atom stereocenters. The van der Waals surface area contributed by atoms with Gasteiger partial charge in [0.2, 0.25) is 0 Å². The van der Waals surface area contributed by atoms with Crippen molar-refractivity contribution in [3.05, 3.63) is 11.6 Å². The zero-order valence-electron chi connectivity index (χ0n) is 14.4. The van der Waals surface area contributed by atoms with Crippen molar-refractivity contribution in [2.24, 2.45) is 5.92 Å².